The number of rotatable bonds is 4. The molecular formula is C10H11ClN2O3. The smallest absolute Gasteiger partial charge is 0.270 e. The molecule has 0 aromatic heterocycles. The Hall–Kier alpha value is -1.62. The van der Waals surface area contributed by atoms with Crippen molar-refractivity contribution in [3.05, 3.63) is 39.4 Å². The molecule has 16 heavy (non-hydrogen) atoms. The Morgan fingerprint density at radius 1 is 1.56 bits per heavy atom. The van der Waals surface area contributed by atoms with Gasteiger partial charge in [0.2, 0.25) is 0 Å². The van der Waals surface area contributed by atoms with Crippen LogP contribution in [-0.2, 0) is 0 Å². The molecule has 0 fully saturated rings. The SMILES string of the molecule is Cc1ccc([N+](=O)[O-])cc1C(=O)NCCCl. The van der Waals surface area contributed by atoms with Crippen molar-refractivity contribution in [2.75, 3.05) is 12.4 Å². The molecule has 0 saturated heterocycles. The molecule has 0 bridgehead atoms. The fourth-order valence-corrected chi connectivity index (χ4v) is 1.32. The van der Waals surface area contributed by atoms with Crippen LogP contribution in [0.25, 0.3) is 0 Å². The molecule has 0 unspecified atom stereocenters. The minimum absolute atomic E-state index is 0.0957. The van der Waals surface area contributed by atoms with E-state index in [0.29, 0.717) is 23.6 Å². The molecule has 0 spiro atoms. The highest BCUT2D eigenvalue weighted by molar-refractivity contribution is 6.18. The zero-order valence-corrected chi connectivity index (χ0v) is 9.45. The lowest BCUT2D eigenvalue weighted by atomic mass is 10.1. The van der Waals surface area contributed by atoms with Gasteiger partial charge in [-0.1, -0.05) is 6.07 Å². The van der Waals surface area contributed by atoms with Crippen LogP contribution in [0.3, 0.4) is 0 Å². The van der Waals surface area contributed by atoms with Gasteiger partial charge in [0.25, 0.3) is 11.6 Å². The average molecular weight is 243 g/mol. The van der Waals surface area contributed by atoms with E-state index in [1.54, 1.807) is 13.0 Å². The number of carbonyl (C=O) groups excluding carboxylic acids is 1. The maximum atomic E-state index is 11.6. The monoisotopic (exact) mass is 242 g/mol. The second-order valence-electron chi connectivity index (χ2n) is 3.20. The fourth-order valence-electron chi connectivity index (χ4n) is 1.22. The molecule has 1 aromatic carbocycles. The van der Waals surface area contributed by atoms with E-state index in [-0.39, 0.29) is 11.6 Å². The molecule has 0 aliphatic carbocycles. The van der Waals surface area contributed by atoms with Gasteiger partial charge in [0.1, 0.15) is 0 Å². The van der Waals surface area contributed by atoms with E-state index in [1.807, 2.05) is 0 Å². The number of halogens is 1. The number of carbonyl (C=O) groups is 1. The number of hydrogen-bond donors (Lipinski definition) is 1. The van der Waals surface area contributed by atoms with E-state index >= 15 is 0 Å². The minimum Gasteiger partial charge on any atom is -0.351 e. The minimum atomic E-state index is -0.530. The molecule has 0 radical (unpaired) electrons. The van der Waals surface area contributed by atoms with Crippen LogP contribution in [0.1, 0.15) is 15.9 Å². The standard InChI is InChI=1S/C10H11ClN2O3/c1-7-2-3-8(13(15)16)6-9(7)10(14)12-5-4-11/h2-3,6H,4-5H2,1H3,(H,12,14). The van der Waals surface area contributed by atoms with Gasteiger partial charge in [0.15, 0.2) is 0 Å². The van der Waals surface area contributed by atoms with Crippen LogP contribution < -0.4 is 5.32 Å². The predicted octanol–water partition coefficient (Wildman–Crippen LogP) is 1.87. The molecule has 1 amide bonds. The third kappa shape index (κ3) is 2.93. The Labute approximate surface area is 97.6 Å². The lowest BCUT2D eigenvalue weighted by Crippen LogP contribution is -2.26. The molecule has 0 saturated carbocycles. The summed E-state index contributed by atoms with van der Waals surface area (Å²) in [6, 6.07) is 4.18. The van der Waals surface area contributed by atoms with Crippen LogP contribution >= 0.6 is 11.6 Å². The summed E-state index contributed by atoms with van der Waals surface area (Å²) in [5.74, 6) is -0.0402. The number of nitrogens with one attached hydrogen (secondary N) is 1. The molecule has 1 N–H and O–H groups in total. The molecule has 1 rings (SSSR count). The lowest BCUT2D eigenvalue weighted by molar-refractivity contribution is -0.384. The van der Waals surface area contributed by atoms with Crippen molar-refractivity contribution >= 4 is 23.2 Å². The topological polar surface area (TPSA) is 72.2 Å². The molecule has 0 heterocycles. The normalized spacial score (nSPS) is 9.88. The van der Waals surface area contributed by atoms with E-state index in [9.17, 15) is 14.9 Å². The second-order valence-corrected chi connectivity index (χ2v) is 3.58. The second kappa shape index (κ2) is 5.46. The van der Waals surface area contributed by atoms with Crippen molar-refractivity contribution in [3.63, 3.8) is 0 Å². The van der Waals surface area contributed by atoms with E-state index in [1.165, 1.54) is 12.1 Å². The Bertz CT molecular complexity index is 421. The number of nitro benzene ring substituents is 1. The summed E-state index contributed by atoms with van der Waals surface area (Å²) in [6.45, 7) is 2.06. The van der Waals surface area contributed by atoms with Gasteiger partial charge in [0.05, 0.1) is 4.92 Å². The maximum Gasteiger partial charge on any atom is 0.270 e. The van der Waals surface area contributed by atoms with Crippen LogP contribution in [0.5, 0.6) is 0 Å². The van der Waals surface area contributed by atoms with E-state index in [4.69, 9.17) is 11.6 Å². The highest BCUT2D eigenvalue weighted by Crippen LogP contribution is 2.17. The Balaban J connectivity index is 2.97. The zero-order valence-electron chi connectivity index (χ0n) is 8.70. The quantitative estimate of drug-likeness (QED) is 0.498. The van der Waals surface area contributed by atoms with Crippen molar-refractivity contribution in [3.8, 4) is 0 Å². The molecule has 0 aliphatic heterocycles. The van der Waals surface area contributed by atoms with E-state index in [0.717, 1.165) is 0 Å². The highest BCUT2D eigenvalue weighted by Gasteiger charge is 2.13. The van der Waals surface area contributed by atoms with Gasteiger partial charge >= 0.3 is 0 Å². The summed E-state index contributed by atoms with van der Waals surface area (Å²) in [4.78, 5) is 21.6. The van der Waals surface area contributed by atoms with Crippen molar-refractivity contribution in [1.29, 1.82) is 0 Å². The van der Waals surface area contributed by atoms with E-state index < -0.39 is 4.92 Å². The molecule has 5 nitrogen and oxygen atoms in total. The van der Waals surface area contributed by atoms with Gasteiger partial charge in [-0.25, -0.2) is 0 Å². The average Bonchev–Trinajstić information content (AvgIpc) is 2.26. The van der Waals surface area contributed by atoms with Crippen molar-refractivity contribution in [2.24, 2.45) is 0 Å². The first-order valence-corrected chi connectivity index (χ1v) is 5.19. The Kier molecular flexibility index (Phi) is 4.25. The predicted molar refractivity (Wildman–Crippen MR) is 60.9 cm³/mol. The third-order valence-electron chi connectivity index (χ3n) is 2.06. The zero-order chi connectivity index (χ0) is 12.1. The van der Waals surface area contributed by atoms with Gasteiger partial charge in [-0.05, 0) is 12.5 Å². The van der Waals surface area contributed by atoms with Crippen molar-refractivity contribution < 1.29 is 9.72 Å². The summed E-state index contributed by atoms with van der Waals surface area (Å²) < 4.78 is 0. The van der Waals surface area contributed by atoms with Crippen molar-refractivity contribution in [1.82, 2.24) is 5.32 Å². The van der Waals surface area contributed by atoms with Gasteiger partial charge < -0.3 is 5.32 Å². The first-order chi connectivity index (χ1) is 7.56. The van der Waals surface area contributed by atoms with Gasteiger partial charge in [-0.15, -0.1) is 11.6 Å². The lowest BCUT2D eigenvalue weighted by Gasteiger charge is -2.05. The molecule has 1 aromatic rings. The first-order valence-electron chi connectivity index (χ1n) is 4.65. The molecular weight excluding hydrogens is 232 g/mol. The molecule has 0 aliphatic rings. The summed E-state index contributed by atoms with van der Waals surface area (Å²) in [5, 5.41) is 13.1. The first kappa shape index (κ1) is 12.4. The van der Waals surface area contributed by atoms with Crippen LogP contribution in [0.15, 0.2) is 18.2 Å². The van der Waals surface area contributed by atoms with Crippen LogP contribution in [-0.4, -0.2) is 23.3 Å². The number of hydrogen-bond acceptors (Lipinski definition) is 3. The number of amides is 1. The third-order valence-corrected chi connectivity index (χ3v) is 2.25. The van der Waals surface area contributed by atoms with Gasteiger partial charge in [-0.3, -0.25) is 14.9 Å². The number of non-ortho nitro benzene ring substituents is 1. The summed E-state index contributed by atoms with van der Waals surface area (Å²) in [7, 11) is 0. The van der Waals surface area contributed by atoms with Crippen molar-refractivity contribution in [2.45, 2.75) is 6.92 Å². The Morgan fingerprint density at radius 3 is 2.81 bits per heavy atom. The van der Waals surface area contributed by atoms with Gasteiger partial charge in [0, 0.05) is 30.1 Å². The summed E-state index contributed by atoms with van der Waals surface area (Å²) >= 11 is 5.43. The molecule has 86 valence electrons. The number of benzene rings is 1. The summed E-state index contributed by atoms with van der Waals surface area (Å²) in [6.07, 6.45) is 0. The number of nitrogens with zero attached hydrogens (tertiary/aromatic N) is 1. The number of alkyl halides is 1. The summed E-state index contributed by atoms with van der Waals surface area (Å²) in [5.41, 5.74) is 0.901. The highest BCUT2D eigenvalue weighted by atomic mass is 35.5. The van der Waals surface area contributed by atoms with Crippen LogP contribution in [0, 0.1) is 17.0 Å². The van der Waals surface area contributed by atoms with Crippen LogP contribution in [0.4, 0.5) is 5.69 Å². The molecule has 6 heteroatoms. The maximum absolute atomic E-state index is 11.6. The molecule has 0 atom stereocenters. The Morgan fingerprint density at radius 2 is 2.25 bits per heavy atom. The van der Waals surface area contributed by atoms with Gasteiger partial charge in [-0.2, -0.15) is 0 Å². The number of nitro groups is 1. The fraction of sp³-hybridized carbons (Fsp3) is 0.300. The number of aryl methyl sites for hydroxylation is 1. The largest absolute Gasteiger partial charge is 0.351 e. The van der Waals surface area contributed by atoms with Crippen LogP contribution in [0.2, 0.25) is 0 Å². The van der Waals surface area contributed by atoms with E-state index in [2.05, 4.69) is 5.32 Å².